The molecule has 0 unspecified atom stereocenters. The van der Waals surface area contributed by atoms with Crippen molar-refractivity contribution in [2.45, 2.75) is 0 Å². The lowest BCUT2D eigenvalue weighted by molar-refractivity contribution is -0.0980. The van der Waals surface area contributed by atoms with E-state index in [0.717, 1.165) is 0 Å². The molecule has 0 aliphatic rings. The van der Waals surface area contributed by atoms with Gasteiger partial charge in [-0.1, -0.05) is 0 Å². The zero-order valence-corrected chi connectivity index (χ0v) is 13.9. The third kappa shape index (κ3) is 9810. The van der Waals surface area contributed by atoms with Crippen molar-refractivity contribution in [2.75, 3.05) is 0 Å². The van der Waals surface area contributed by atoms with Crippen LogP contribution in [0.5, 0.6) is 0 Å². The molecule has 0 aliphatic heterocycles. The first kappa shape index (κ1) is 43.5. The van der Waals surface area contributed by atoms with E-state index in [1.165, 1.54) is 0 Å². The van der Waals surface area contributed by atoms with Gasteiger partial charge in [-0.15, -0.1) is 0 Å². The number of rotatable bonds is 0. The van der Waals surface area contributed by atoms with Gasteiger partial charge in [0.05, 0.1) is 0 Å². The van der Waals surface area contributed by atoms with Crippen LogP contribution in [-0.4, -0.2) is 87.8 Å². The van der Waals surface area contributed by atoms with Crippen LogP contribution in [0, 0.1) is 0 Å². The lowest BCUT2D eigenvalue weighted by atomic mass is 11.9. The average Bonchev–Trinajstić information content (AvgIpc) is 1.92. The Morgan fingerprint density at radius 3 is 0.375 bits per heavy atom. The summed E-state index contributed by atoms with van der Waals surface area (Å²) in [5.41, 5.74) is 0. The molecule has 0 heterocycles. The van der Waals surface area contributed by atoms with E-state index in [1.807, 2.05) is 6.79 Å². The summed E-state index contributed by atoms with van der Waals surface area (Å²) in [7, 11) is -18.7. The molecule has 0 amide bonds. The number of hydrogen-bond donors (Lipinski definition) is 8. The second-order valence-corrected chi connectivity index (χ2v) is 5.37. The van der Waals surface area contributed by atoms with Gasteiger partial charge < -0.3 is 15.7 Å². The van der Waals surface area contributed by atoms with Gasteiger partial charge in [-0.05, 0) is 0 Å². The molecule has 12 N–H and O–H groups in total. The van der Waals surface area contributed by atoms with Crippen LogP contribution in [0.15, 0.2) is 0 Å². The highest BCUT2D eigenvalue weighted by Gasteiger charge is 1.86. The van der Waals surface area contributed by atoms with Crippen molar-refractivity contribution in [3.63, 3.8) is 0 Å². The van der Waals surface area contributed by atoms with E-state index in [0.29, 0.717) is 0 Å². The normalized spacial score (nSPS) is 9.83. The van der Waals surface area contributed by atoms with Crippen molar-refractivity contribution < 1.29 is 85.8 Å². The molecule has 0 rings (SSSR count). The van der Waals surface area contributed by atoms with Gasteiger partial charge in [0.2, 0.25) is 0 Å². The van der Waals surface area contributed by atoms with E-state index < -0.39 is 41.6 Å². The summed E-state index contributed by atoms with van der Waals surface area (Å²) in [5, 5.41) is 0. The minimum atomic E-state index is -4.67. The predicted octanol–water partition coefficient (Wildman–Crippen LogP) is -4.45. The monoisotopic (exact) mass is 458 g/mol. The summed E-state index contributed by atoms with van der Waals surface area (Å²) in [6, 6.07) is 0. The van der Waals surface area contributed by atoms with Crippen molar-refractivity contribution in [2.24, 2.45) is 0 Å². The lowest BCUT2D eigenvalue weighted by Crippen LogP contribution is -1.89. The van der Waals surface area contributed by atoms with Crippen LogP contribution < -0.4 is 0 Å². The van der Waals surface area contributed by atoms with Crippen molar-refractivity contribution in [1.29, 1.82) is 0 Å². The van der Waals surface area contributed by atoms with Crippen molar-refractivity contribution >= 4 is 48.4 Å². The Hall–Kier alpha value is -0.930. The fourth-order valence-corrected chi connectivity index (χ4v) is 0. The van der Waals surface area contributed by atoms with Crippen molar-refractivity contribution in [3.8, 4) is 0 Å². The minimum absolute atomic E-state index is 0. The van der Waals surface area contributed by atoms with Crippen LogP contribution in [0.3, 0.4) is 0 Å². The second-order valence-electron chi connectivity index (χ2n) is 1.79. The molecule has 0 spiro atoms. The van der Waals surface area contributed by atoms with Crippen molar-refractivity contribution in [3.05, 3.63) is 0 Å². The van der Waals surface area contributed by atoms with E-state index >= 15 is 0 Å². The number of hydrogen-bond acceptors (Lipinski definition) is 9. The lowest BCUT2D eigenvalue weighted by Gasteiger charge is -1.68. The van der Waals surface area contributed by atoms with E-state index in [2.05, 4.69) is 0 Å². The van der Waals surface area contributed by atoms with Crippen LogP contribution >= 0.6 is 0 Å². The molecule has 0 radical (unpaired) electrons. The Labute approximate surface area is 134 Å². The maximum absolute atomic E-state index is 8.74. The average molecular weight is 458 g/mol. The second kappa shape index (κ2) is 18.4. The first-order valence-electron chi connectivity index (χ1n) is 3.08. The van der Waals surface area contributed by atoms with Gasteiger partial charge in [-0.2, -0.15) is 33.7 Å². The summed E-state index contributed by atoms with van der Waals surface area (Å²) in [5.74, 6) is 0. The third-order valence-electron chi connectivity index (χ3n) is 0. The van der Waals surface area contributed by atoms with Gasteiger partial charge in [0.25, 0.3) is 0 Å². The molecule has 0 aliphatic carbocycles. The topological polar surface area (TPSA) is 378 Å². The molecule has 0 fully saturated rings. The minimum Gasteiger partial charge on any atom is -0.412 e. The number of carbonyl (C=O) groups excluding carboxylic acids is 1. The highest BCUT2D eigenvalue weighted by Crippen LogP contribution is 1.60. The Balaban J connectivity index is -0.0000000302. The van der Waals surface area contributed by atoms with Gasteiger partial charge in [-0.25, -0.2) is 0 Å². The molecular weight excluding hydrogens is 444 g/mol. The first-order chi connectivity index (χ1) is 9.00. The summed E-state index contributed by atoms with van der Waals surface area (Å²) in [6.07, 6.45) is 0. The Morgan fingerprint density at radius 2 is 0.375 bits per heavy atom. The van der Waals surface area contributed by atoms with Crippen LogP contribution in [-0.2, 0) is 46.4 Å². The predicted molar refractivity (Wildman–Crippen MR) is 71.1 cm³/mol. The summed E-state index contributed by atoms with van der Waals surface area (Å²) >= 11 is 0. The van der Waals surface area contributed by atoms with Gasteiger partial charge in [0.1, 0.15) is 6.79 Å². The van der Waals surface area contributed by atoms with E-state index in [9.17, 15) is 0 Å². The molecule has 0 saturated carbocycles. The third-order valence-corrected chi connectivity index (χ3v) is 0. The fraction of sp³-hybridized carbons (Fsp3) is 0. The molecule has 23 heteroatoms. The largest absolute Gasteiger partial charge is 0.412 e. The first-order valence-corrected chi connectivity index (χ1v) is 8.67. The Kier molecular flexibility index (Phi) is 33.4. The smallest absolute Gasteiger partial charge is 0.394 e. The van der Waals surface area contributed by atoms with Gasteiger partial charge in [0, 0.05) is 0 Å². The summed E-state index contributed by atoms with van der Waals surface area (Å²) in [4.78, 5) is 8.00. The summed E-state index contributed by atoms with van der Waals surface area (Å²) < 4.78 is 126. The Morgan fingerprint density at radius 1 is 0.375 bits per heavy atom. The molecule has 0 aromatic heterocycles. The van der Waals surface area contributed by atoms with Gasteiger partial charge >= 0.3 is 41.6 Å². The zero-order valence-electron chi connectivity index (χ0n) is 10.6. The zero-order chi connectivity index (χ0) is 20.0. The van der Waals surface area contributed by atoms with E-state index in [1.54, 1.807) is 0 Å². The van der Waals surface area contributed by atoms with Crippen LogP contribution in [0.1, 0.15) is 0 Å². The van der Waals surface area contributed by atoms with Crippen LogP contribution in [0.4, 0.5) is 0 Å². The molecular formula is CH14O19S4. The highest BCUT2D eigenvalue weighted by molar-refractivity contribution is 7.80. The highest BCUT2D eigenvalue weighted by atomic mass is 32.3. The van der Waals surface area contributed by atoms with Crippen molar-refractivity contribution in [1.82, 2.24) is 0 Å². The van der Waals surface area contributed by atoms with Crippen LogP contribution in [0.2, 0.25) is 0 Å². The molecule has 0 atom stereocenters. The molecule has 0 bridgehead atoms. The molecule has 0 aromatic rings. The molecule has 19 nitrogen and oxygen atoms in total. The fourth-order valence-electron chi connectivity index (χ4n) is 0. The number of carbonyl (C=O) groups is 1. The molecule has 24 heavy (non-hydrogen) atoms. The van der Waals surface area contributed by atoms with E-state index in [-0.39, 0.29) is 11.0 Å². The maximum atomic E-state index is 8.74. The van der Waals surface area contributed by atoms with E-state index in [4.69, 9.17) is 74.9 Å². The van der Waals surface area contributed by atoms with Gasteiger partial charge in [-0.3, -0.25) is 36.4 Å². The maximum Gasteiger partial charge on any atom is 0.394 e. The quantitative estimate of drug-likeness (QED) is 0.158. The van der Waals surface area contributed by atoms with Crippen LogP contribution in [0.25, 0.3) is 0 Å². The molecule has 0 saturated heterocycles. The molecule has 156 valence electrons. The summed E-state index contributed by atoms with van der Waals surface area (Å²) in [6.45, 7) is 2.00. The Bertz CT molecular complexity index is 489. The molecule has 0 aromatic carbocycles. The SMILES string of the molecule is C=O.O.O.O=S(=O)(O)O.O=S(=O)(O)O.O=S(=O)(O)O.O=S(=O)(O)O. The standard InChI is InChI=1S/CH2O.4H2O4S.2H2O/c1-2;4*1-5(2,3)4;;/h1H2;4*(H2,1,2,3,4);2*1H2. The van der Waals surface area contributed by atoms with Gasteiger partial charge in [0.15, 0.2) is 0 Å².